The number of aliphatic hydroxyl groups excluding tert-OH is 2. The van der Waals surface area contributed by atoms with Crippen LogP contribution in [0.3, 0.4) is 0 Å². The average Bonchev–Trinajstić information content (AvgIpc) is 3.16. The molecule has 8 atom stereocenters. The second kappa shape index (κ2) is 7.45. The van der Waals surface area contributed by atoms with Gasteiger partial charge in [-0.15, -0.1) is 0 Å². The molecule has 0 saturated heterocycles. The van der Waals surface area contributed by atoms with Crippen LogP contribution in [0.15, 0.2) is 5.57 Å². The molecule has 0 aliphatic heterocycles. The predicted octanol–water partition coefficient (Wildman–Crippen LogP) is 5.28. The van der Waals surface area contributed by atoms with E-state index in [1.807, 2.05) is 0 Å². The monoisotopic (exact) mass is 426 g/mol. The van der Waals surface area contributed by atoms with Crippen LogP contribution >= 0.6 is 0 Å². The second-order valence-electron chi connectivity index (χ2n) is 11.9. The molecule has 4 aliphatic rings. The molecule has 1 aromatic heterocycles. The number of hydrogen-bond acceptors (Lipinski definition) is 3. The van der Waals surface area contributed by atoms with Crippen molar-refractivity contribution in [3.8, 4) is 0 Å². The van der Waals surface area contributed by atoms with E-state index in [0.717, 1.165) is 49.8 Å². The Kier molecular flexibility index (Phi) is 5.21. The van der Waals surface area contributed by atoms with Gasteiger partial charge in [-0.05, 0) is 113 Å². The van der Waals surface area contributed by atoms with E-state index in [9.17, 15) is 10.2 Å². The largest absolute Gasteiger partial charge is 0.393 e. The van der Waals surface area contributed by atoms with Gasteiger partial charge in [0.1, 0.15) is 0 Å². The molecule has 0 bridgehead atoms. The van der Waals surface area contributed by atoms with Gasteiger partial charge < -0.3 is 10.2 Å². The molecule has 2 N–H and O–H groups in total. The van der Waals surface area contributed by atoms with Crippen LogP contribution in [0, 0.1) is 48.3 Å². The molecular weight excluding hydrogens is 384 g/mol. The van der Waals surface area contributed by atoms with Crippen molar-refractivity contribution in [2.75, 3.05) is 0 Å². The van der Waals surface area contributed by atoms with Crippen LogP contribution in [0.25, 0.3) is 6.08 Å². The van der Waals surface area contributed by atoms with Crippen LogP contribution in [0.1, 0.15) is 89.1 Å². The van der Waals surface area contributed by atoms with E-state index in [1.165, 1.54) is 42.5 Å². The molecule has 0 aromatic carbocycles. The number of aromatic nitrogens is 2. The van der Waals surface area contributed by atoms with Crippen molar-refractivity contribution in [2.24, 2.45) is 34.5 Å². The Morgan fingerprint density at radius 3 is 2.48 bits per heavy atom. The molecule has 0 amide bonds. The Balaban J connectivity index is 1.46. The summed E-state index contributed by atoms with van der Waals surface area (Å²) in [5, 5.41) is 26.5. The number of hydrogen-bond donors (Lipinski definition) is 2. The van der Waals surface area contributed by atoms with E-state index in [-0.39, 0.29) is 17.6 Å². The van der Waals surface area contributed by atoms with E-state index in [1.54, 1.807) is 0 Å². The van der Waals surface area contributed by atoms with Crippen LogP contribution in [0.4, 0.5) is 0 Å². The molecule has 0 radical (unpaired) electrons. The topological polar surface area (TPSA) is 58.3 Å². The summed E-state index contributed by atoms with van der Waals surface area (Å²) in [6, 6.07) is 0. The van der Waals surface area contributed by atoms with Gasteiger partial charge in [0.05, 0.1) is 17.9 Å². The summed E-state index contributed by atoms with van der Waals surface area (Å²) in [5.41, 5.74) is 5.13. The molecule has 4 nitrogen and oxygen atoms in total. The summed E-state index contributed by atoms with van der Waals surface area (Å²) in [7, 11) is 0. The van der Waals surface area contributed by atoms with E-state index in [2.05, 4.69) is 45.4 Å². The highest BCUT2D eigenvalue weighted by atomic mass is 16.3. The molecule has 172 valence electrons. The average molecular weight is 427 g/mol. The Morgan fingerprint density at radius 2 is 1.77 bits per heavy atom. The quantitative estimate of drug-likeness (QED) is 0.677. The molecule has 1 aromatic rings. The van der Waals surface area contributed by atoms with E-state index >= 15 is 0 Å². The molecule has 31 heavy (non-hydrogen) atoms. The zero-order chi connectivity index (χ0) is 22.1. The standard InChI is InChI=1S/C27H42N2O2/c1-6-29-17(3)22(16(2)28-29)13-18-14-24-21-8-7-19-15-20(30)9-11-26(19,4)23(21)10-12-27(24,5)25(18)31/h13,19-21,23-25,30-31H,6-12,14-15H2,1-5H3/b18-13+/t19-,20-,21-,23+,24+,25-,26-,27+/m0/s1. The van der Waals surface area contributed by atoms with Crippen LogP contribution in [-0.2, 0) is 6.54 Å². The maximum Gasteiger partial charge on any atom is 0.0809 e. The van der Waals surface area contributed by atoms with Gasteiger partial charge >= 0.3 is 0 Å². The number of fused-ring (bicyclic) bond motifs is 5. The summed E-state index contributed by atoms with van der Waals surface area (Å²) in [4.78, 5) is 0. The van der Waals surface area contributed by atoms with Gasteiger partial charge in [-0.2, -0.15) is 5.10 Å². The van der Waals surface area contributed by atoms with Gasteiger partial charge in [-0.3, -0.25) is 4.68 Å². The zero-order valence-corrected chi connectivity index (χ0v) is 20.2. The molecule has 4 aliphatic carbocycles. The third-order valence-electron chi connectivity index (χ3n) is 10.6. The first-order chi connectivity index (χ1) is 14.7. The molecule has 1 heterocycles. The maximum absolute atomic E-state index is 11.5. The van der Waals surface area contributed by atoms with Crippen LogP contribution < -0.4 is 0 Å². The van der Waals surface area contributed by atoms with Crippen molar-refractivity contribution >= 4 is 6.08 Å². The van der Waals surface area contributed by atoms with Crippen molar-refractivity contribution in [1.29, 1.82) is 0 Å². The van der Waals surface area contributed by atoms with E-state index in [0.29, 0.717) is 17.3 Å². The minimum absolute atomic E-state index is 0.00688. The van der Waals surface area contributed by atoms with E-state index < -0.39 is 0 Å². The molecule has 5 rings (SSSR count). The summed E-state index contributed by atoms with van der Waals surface area (Å²) in [6.07, 6.45) is 11.0. The first-order valence-corrected chi connectivity index (χ1v) is 12.8. The molecule has 0 spiro atoms. The maximum atomic E-state index is 11.5. The van der Waals surface area contributed by atoms with Gasteiger partial charge in [0.2, 0.25) is 0 Å². The fraction of sp³-hybridized carbons (Fsp3) is 0.815. The van der Waals surface area contributed by atoms with Gasteiger partial charge in [-0.1, -0.05) is 13.8 Å². The number of nitrogens with zero attached hydrogens (tertiary/aromatic N) is 2. The number of rotatable bonds is 2. The first-order valence-electron chi connectivity index (χ1n) is 12.8. The van der Waals surface area contributed by atoms with Crippen molar-refractivity contribution < 1.29 is 10.2 Å². The van der Waals surface area contributed by atoms with Crippen LogP contribution in [0.2, 0.25) is 0 Å². The Morgan fingerprint density at radius 1 is 1.03 bits per heavy atom. The third kappa shape index (κ3) is 3.11. The Bertz CT molecular complexity index is 888. The van der Waals surface area contributed by atoms with Crippen molar-refractivity contribution in [1.82, 2.24) is 9.78 Å². The lowest BCUT2D eigenvalue weighted by atomic mass is 9.45. The summed E-state index contributed by atoms with van der Waals surface area (Å²) in [5.74, 6) is 2.75. The molecule has 4 fully saturated rings. The number of aryl methyl sites for hydroxylation is 2. The highest BCUT2D eigenvalue weighted by Crippen LogP contribution is 2.67. The highest BCUT2D eigenvalue weighted by Gasteiger charge is 2.61. The first kappa shape index (κ1) is 21.7. The fourth-order valence-electron chi connectivity index (χ4n) is 8.65. The van der Waals surface area contributed by atoms with Gasteiger partial charge in [0.25, 0.3) is 0 Å². The van der Waals surface area contributed by atoms with Gasteiger partial charge in [-0.25, -0.2) is 0 Å². The lowest BCUT2D eigenvalue weighted by molar-refractivity contribution is -0.133. The van der Waals surface area contributed by atoms with Crippen LogP contribution in [-0.4, -0.2) is 32.2 Å². The highest BCUT2D eigenvalue weighted by molar-refractivity contribution is 5.59. The zero-order valence-electron chi connectivity index (χ0n) is 20.2. The molecule has 4 heteroatoms. The van der Waals surface area contributed by atoms with E-state index in [4.69, 9.17) is 5.10 Å². The SMILES string of the molecule is CCn1nc(C)c(/C=C2\C[C@@H]3[C@H]4CC[C@H]5C[C@@H](O)CC[C@]5(C)[C@@H]4CC[C@@]3(C)[C@H]2O)c1C. The number of aliphatic hydroxyl groups is 2. The normalized spacial score (nSPS) is 46.0. The third-order valence-corrected chi connectivity index (χ3v) is 10.6. The molecular formula is C27H42N2O2. The predicted molar refractivity (Wildman–Crippen MR) is 124 cm³/mol. The molecule has 4 saturated carbocycles. The lowest BCUT2D eigenvalue weighted by Gasteiger charge is -2.60. The minimum Gasteiger partial charge on any atom is -0.393 e. The Hall–Kier alpha value is -1.13. The smallest absolute Gasteiger partial charge is 0.0809 e. The van der Waals surface area contributed by atoms with Crippen molar-refractivity contribution in [2.45, 2.75) is 105 Å². The fourth-order valence-corrected chi connectivity index (χ4v) is 8.65. The minimum atomic E-state index is -0.332. The van der Waals surface area contributed by atoms with Crippen molar-refractivity contribution in [3.05, 3.63) is 22.5 Å². The summed E-state index contributed by atoms with van der Waals surface area (Å²) < 4.78 is 2.08. The Labute approximate surface area is 188 Å². The lowest BCUT2D eigenvalue weighted by Crippen LogP contribution is -2.54. The summed E-state index contributed by atoms with van der Waals surface area (Å²) in [6.45, 7) is 12.2. The second-order valence-corrected chi connectivity index (χ2v) is 11.9. The summed E-state index contributed by atoms with van der Waals surface area (Å²) >= 11 is 0. The van der Waals surface area contributed by atoms with Gasteiger partial charge in [0.15, 0.2) is 0 Å². The van der Waals surface area contributed by atoms with Gasteiger partial charge in [0, 0.05) is 23.2 Å². The van der Waals surface area contributed by atoms with Crippen molar-refractivity contribution in [3.63, 3.8) is 0 Å². The molecule has 0 unspecified atom stereocenters. The van der Waals surface area contributed by atoms with Crippen LogP contribution in [0.5, 0.6) is 0 Å².